The van der Waals surface area contributed by atoms with Crippen LogP contribution in [0.3, 0.4) is 0 Å². The molecule has 1 unspecified atom stereocenters. The van der Waals surface area contributed by atoms with Crippen LogP contribution >= 0.6 is 0 Å². The molecule has 2 rings (SSSR count). The molecule has 2 heteroatoms. The minimum atomic E-state index is -1.41. The van der Waals surface area contributed by atoms with E-state index in [4.69, 9.17) is 4.43 Å². The molecule has 1 aliphatic rings. The molecule has 0 aromatic heterocycles. The molecular weight excluding hydrogens is 236 g/mol. The van der Waals surface area contributed by atoms with Crippen molar-refractivity contribution >= 4 is 8.32 Å². The van der Waals surface area contributed by atoms with Crippen LogP contribution in [0.2, 0.25) is 19.6 Å². The molecule has 0 aliphatic heterocycles. The maximum Gasteiger partial charge on any atom is 0.241 e. The molecule has 0 bridgehead atoms. The minimum Gasteiger partial charge on any atom is -0.548 e. The predicted molar refractivity (Wildman–Crippen MR) is 80.0 cm³/mol. The molecule has 0 saturated heterocycles. The van der Waals surface area contributed by atoms with Crippen LogP contribution in [0, 0.1) is 5.92 Å². The van der Waals surface area contributed by atoms with E-state index in [1.165, 1.54) is 30.6 Å². The molecule has 0 saturated carbocycles. The van der Waals surface area contributed by atoms with Gasteiger partial charge in [-0.3, -0.25) is 0 Å². The largest absolute Gasteiger partial charge is 0.548 e. The number of benzene rings is 1. The minimum absolute atomic E-state index is 0.793. The van der Waals surface area contributed by atoms with Crippen molar-refractivity contribution in [1.29, 1.82) is 0 Å². The average Bonchev–Trinajstić information content (AvgIpc) is 2.31. The van der Waals surface area contributed by atoms with E-state index in [0.717, 1.165) is 12.3 Å². The predicted octanol–water partition coefficient (Wildman–Crippen LogP) is 4.76. The Hall–Kier alpha value is -1.02. The second-order valence-electron chi connectivity index (χ2n) is 6.21. The summed E-state index contributed by atoms with van der Waals surface area (Å²) in [6.07, 6.45) is 7.11. The van der Waals surface area contributed by atoms with Gasteiger partial charge in [0.05, 0.1) is 5.76 Å². The summed E-state index contributed by atoms with van der Waals surface area (Å²) in [5.74, 6) is 2.04. The van der Waals surface area contributed by atoms with Crippen molar-refractivity contribution in [2.45, 2.75) is 45.3 Å². The van der Waals surface area contributed by atoms with Crippen molar-refractivity contribution in [3.05, 3.63) is 47.7 Å². The van der Waals surface area contributed by atoms with Gasteiger partial charge >= 0.3 is 0 Å². The van der Waals surface area contributed by atoms with E-state index in [0.29, 0.717) is 0 Å². The van der Waals surface area contributed by atoms with Gasteiger partial charge < -0.3 is 4.43 Å². The van der Waals surface area contributed by atoms with Gasteiger partial charge in [-0.1, -0.05) is 30.3 Å². The van der Waals surface area contributed by atoms with Gasteiger partial charge in [0.1, 0.15) is 0 Å². The maximum absolute atomic E-state index is 6.08. The van der Waals surface area contributed by atoms with Crippen LogP contribution in [0.4, 0.5) is 0 Å². The Morgan fingerprint density at radius 2 is 1.89 bits per heavy atom. The van der Waals surface area contributed by atoms with Crippen LogP contribution in [-0.2, 0) is 10.8 Å². The van der Waals surface area contributed by atoms with Crippen molar-refractivity contribution in [3.8, 4) is 0 Å². The normalized spacial score (nSPS) is 20.4. The van der Waals surface area contributed by atoms with Crippen LogP contribution in [0.25, 0.3) is 0 Å². The Labute approximate surface area is 112 Å². The van der Waals surface area contributed by atoms with E-state index >= 15 is 0 Å². The molecule has 0 spiro atoms. The van der Waals surface area contributed by atoms with Gasteiger partial charge in [0.15, 0.2) is 0 Å². The first-order valence-electron chi connectivity index (χ1n) is 6.95. The fourth-order valence-electron chi connectivity index (χ4n) is 2.48. The second kappa shape index (κ2) is 5.74. The quantitative estimate of drug-likeness (QED) is 0.709. The zero-order valence-electron chi connectivity index (χ0n) is 11.8. The summed E-state index contributed by atoms with van der Waals surface area (Å²) in [5, 5.41) is 0. The fraction of sp³-hybridized carbons (Fsp3) is 0.500. The zero-order valence-corrected chi connectivity index (χ0v) is 12.8. The molecular formula is C16H24OSi. The first-order chi connectivity index (χ1) is 8.53. The monoisotopic (exact) mass is 260 g/mol. The second-order valence-corrected chi connectivity index (χ2v) is 10.6. The summed E-state index contributed by atoms with van der Waals surface area (Å²) in [6, 6.07) is 10.8. The van der Waals surface area contributed by atoms with Crippen molar-refractivity contribution in [3.63, 3.8) is 0 Å². The fourth-order valence-corrected chi connectivity index (χ4v) is 3.46. The van der Waals surface area contributed by atoms with E-state index in [-0.39, 0.29) is 0 Å². The van der Waals surface area contributed by atoms with Crippen LogP contribution in [0.1, 0.15) is 24.8 Å². The maximum atomic E-state index is 6.08. The number of rotatable bonds is 4. The number of hydrogen-bond acceptors (Lipinski definition) is 1. The van der Waals surface area contributed by atoms with E-state index in [1.54, 1.807) is 0 Å². The van der Waals surface area contributed by atoms with Crippen molar-refractivity contribution < 1.29 is 4.43 Å². The summed E-state index contributed by atoms with van der Waals surface area (Å²) in [5.41, 5.74) is 1.46. The van der Waals surface area contributed by atoms with Crippen molar-refractivity contribution in [2.75, 3.05) is 0 Å². The van der Waals surface area contributed by atoms with Gasteiger partial charge in [-0.25, -0.2) is 0 Å². The summed E-state index contributed by atoms with van der Waals surface area (Å²) < 4.78 is 6.08. The zero-order chi connectivity index (χ0) is 13.0. The molecule has 1 aromatic carbocycles. The number of allylic oxidation sites excluding steroid dienone is 2. The first-order valence-corrected chi connectivity index (χ1v) is 10.4. The van der Waals surface area contributed by atoms with Gasteiger partial charge in [0.2, 0.25) is 8.32 Å². The molecule has 1 nitrogen and oxygen atoms in total. The average molecular weight is 260 g/mol. The van der Waals surface area contributed by atoms with E-state index in [2.05, 4.69) is 56.0 Å². The summed E-state index contributed by atoms with van der Waals surface area (Å²) in [4.78, 5) is 0. The molecule has 1 atom stereocenters. The van der Waals surface area contributed by atoms with Gasteiger partial charge in [-0.2, -0.15) is 0 Å². The summed E-state index contributed by atoms with van der Waals surface area (Å²) in [6.45, 7) is 6.76. The summed E-state index contributed by atoms with van der Waals surface area (Å²) in [7, 11) is -1.41. The van der Waals surface area contributed by atoms with Gasteiger partial charge in [-0.15, -0.1) is 0 Å². The van der Waals surface area contributed by atoms with Gasteiger partial charge in [0.25, 0.3) is 0 Å². The highest BCUT2D eigenvalue weighted by Gasteiger charge is 2.21. The molecule has 0 fully saturated rings. The molecule has 0 amide bonds. The number of hydrogen-bond donors (Lipinski definition) is 0. The molecule has 98 valence electrons. The Bertz CT molecular complexity index is 403. The molecule has 18 heavy (non-hydrogen) atoms. The van der Waals surface area contributed by atoms with Crippen molar-refractivity contribution in [1.82, 2.24) is 0 Å². The highest BCUT2D eigenvalue weighted by atomic mass is 28.4. The molecule has 0 heterocycles. The lowest BCUT2D eigenvalue weighted by molar-refractivity contribution is 0.344. The van der Waals surface area contributed by atoms with Gasteiger partial charge in [0, 0.05) is 6.42 Å². The molecule has 1 aliphatic carbocycles. The standard InChI is InChI=1S/C16H24OSi/c1-18(2,3)17-16-11-9-15(10-12-16)13-14-7-5-4-6-8-14/h4-8,11,15H,9-10,12-13H2,1-3H3. The lowest BCUT2D eigenvalue weighted by atomic mass is 9.88. The van der Waals surface area contributed by atoms with E-state index < -0.39 is 8.32 Å². The Balaban J connectivity index is 1.86. The lowest BCUT2D eigenvalue weighted by Gasteiger charge is -2.27. The topological polar surface area (TPSA) is 9.23 Å². The SMILES string of the molecule is C[Si](C)(C)OC1=CCC(Cc2ccccc2)CC1. The smallest absolute Gasteiger partial charge is 0.241 e. The van der Waals surface area contributed by atoms with Crippen LogP contribution in [0.5, 0.6) is 0 Å². The first kappa shape index (κ1) is 13.4. The third-order valence-electron chi connectivity index (χ3n) is 3.28. The Kier molecular flexibility index (Phi) is 4.28. The Morgan fingerprint density at radius 1 is 1.17 bits per heavy atom. The van der Waals surface area contributed by atoms with Crippen molar-refractivity contribution in [2.24, 2.45) is 5.92 Å². The Morgan fingerprint density at radius 3 is 2.44 bits per heavy atom. The van der Waals surface area contributed by atoms with Crippen LogP contribution in [0.15, 0.2) is 42.2 Å². The van der Waals surface area contributed by atoms with E-state index in [1.807, 2.05) is 0 Å². The third-order valence-corrected chi connectivity index (χ3v) is 4.16. The van der Waals surface area contributed by atoms with Crippen LogP contribution < -0.4 is 0 Å². The highest BCUT2D eigenvalue weighted by Crippen LogP contribution is 2.28. The molecule has 1 aromatic rings. The molecule has 0 N–H and O–H groups in total. The molecule has 0 radical (unpaired) electrons. The van der Waals surface area contributed by atoms with E-state index in [9.17, 15) is 0 Å². The summed E-state index contributed by atoms with van der Waals surface area (Å²) >= 11 is 0. The van der Waals surface area contributed by atoms with Crippen LogP contribution in [-0.4, -0.2) is 8.32 Å². The lowest BCUT2D eigenvalue weighted by Crippen LogP contribution is -2.26. The highest BCUT2D eigenvalue weighted by molar-refractivity contribution is 6.70. The van der Waals surface area contributed by atoms with Gasteiger partial charge in [-0.05, 0) is 56.5 Å². The third kappa shape index (κ3) is 4.34.